The first-order valence-corrected chi connectivity index (χ1v) is 4.94. The van der Waals surface area contributed by atoms with Crippen LogP contribution in [-0.4, -0.2) is 27.3 Å². The molecule has 3 heteroatoms. The fraction of sp³-hybridized carbons (Fsp3) is 0.800. The lowest BCUT2D eigenvalue weighted by Crippen LogP contribution is -2.50. The first-order valence-electron chi connectivity index (χ1n) is 4.56. The molecule has 0 radical (unpaired) electrons. The van der Waals surface area contributed by atoms with E-state index in [2.05, 4.69) is 6.58 Å². The van der Waals surface area contributed by atoms with Crippen molar-refractivity contribution in [1.82, 2.24) is 0 Å². The number of rotatable bonds is 1. The fourth-order valence-corrected chi connectivity index (χ4v) is 2.11. The zero-order chi connectivity index (χ0) is 10.2. The Morgan fingerprint density at radius 3 is 2.54 bits per heavy atom. The molecule has 1 fully saturated rings. The van der Waals surface area contributed by atoms with E-state index in [-0.39, 0.29) is 5.92 Å². The Hall–Kier alpha value is -0.0500. The third-order valence-corrected chi connectivity index (χ3v) is 3.34. The second-order valence-electron chi connectivity index (χ2n) is 4.21. The first kappa shape index (κ1) is 11.0. The number of aliphatic hydroxyl groups excluding tert-OH is 2. The standard InChI is InChI=1S/C10H17ClO2/c1-6(2)7-4-5-10(3,11)9(13)8(7)12/h7-9,12-13H,1,4-5H2,2-3H3/t7-,8-,9-,10+/m0/s1. The highest BCUT2D eigenvalue weighted by atomic mass is 35.5. The van der Waals surface area contributed by atoms with E-state index in [1.165, 1.54) is 0 Å². The minimum atomic E-state index is -0.857. The van der Waals surface area contributed by atoms with Gasteiger partial charge in [-0.3, -0.25) is 0 Å². The Morgan fingerprint density at radius 1 is 1.54 bits per heavy atom. The van der Waals surface area contributed by atoms with E-state index >= 15 is 0 Å². The van der Waals surface area contributed by atoms with Crippen LogP contribution in [0.2, 0.25) is 0 Å². The number of aliphatic hydroxyl groups is 2. The van der Waals surface area contributed by atoms with Gasteiger partial charge in [-0.15, -0.1) is 11.6 Å². The topological polar surface area (TPSA) is 40.5 Å². The SMILES string of the molecule is C=C(C)[C@@H]1CC[C@@](C)(Cl)[C@@H](O)[C@H]1O. The molecule has 1 saturated carbocycles. The highest BCUT2D eigenvalue weighted by Crippen LogP contribution is 2.39. The molecule has 0 amide bonds. The minimum absolute atomic E-state index is 0.0122. The summed E-state index contributed by atoms with van der Waals surface area (Å²) in [4.78, 5) is -0.689. The predicted molar refractivity (Wildman–Crippen MR) is 53.8 cm³/mol. The van der Waals surface area contributed by atoms with Crippen LogP contribution in [0.25, 0.3) is 0 Å². The molecule has 2 N–H and O–H groups in total. The van der Waals surface area contributed by atoms with Crippen LogP contribution in [0, 0.1) is 5.92 Å². The van der Waals surface area contributed by atoms with Crippen LogP contribution in [0.3, 0.4) is 0 Å². The zero-order valence-corrected chi connectivity index (χ0v) is 8.88. The second kappa shape index (κ2) is 3.60. The molecule has 0 aromatic heterocycles. The van der Waals surface area contributed by atoms with E-state index in [1.54, 1.807) is 6.92 Å². The Kier molecular flexibility index (Phi) is 3.05. The van der Waals surface area contributed by atoms with E-state index < -0.39 is 17.1 Å². The quantitative estimate of drug-likeness (QED) is 0.504. The lowest BCUT2D eigenvalue weighted by molar-refractivity contribution is -0.0531. The third-order valence-electron chi connectivity index (χ3n) is 2.93. The first-order chi connectivity index (χ1) is 5.86. The van der Waals surface area contributed by atoms with Gasteiger partial charge in [-0.25, -0.2) is 0 Å². The summed E-state index contributed by atoms with van der Waals surface area (Å²) in [6, 6.07) is 0. The fourth-order valence-electron chi connectivity index (χ4n) is 1.87. The monoisotopic (exact) mass is 204 g/mol. The van der Waals surface area contributed by atoms with Crippen molar-refractivity contribution in [2.24, 2.45) is 5.92 Å². The molecule has 1 rings (SSSR count). The van der Waals surface area contributed by atoms with Crippen LogP contribution in [0.1, 0.15) is 26.7 Å². The van der Waals surface area contributed by atoms with Gasteiger partial charge in [0.1, 0.15) is 0 Å². The molecule has 0 bridgehead atoms. The molecular formula is C10H17ClO2. The normalized spacial score (nSPS) is 46.1. The van der Waals surface area contributed by atoms with Gasteiger partial charge in [0, 0.05) is 5.92 Å². The van der Waals surface area contributed by atoms with Crippen molar-refractivity contribution in [1.29, 1.82) is 0 Å². The van der Waals surface area contributed by atoms with Crippen molar-refractivity contribution in [2.45, 2.75) is 43.8 Å². The summed E-state index contributed by atoms with van der Waals surface area (Å²) in [5.41, 5.74) is 0.915. The molecule has 0 aromatic rings. The lowest BCUT2D eigenvalue weighted by Gasteiger charge is -2.41. The maximum absolute atomic E-state index is 9.75. The zero-order valence-electron chi connectivity index (χ0n) is 8.13. The number of halogens is 1. The summed E-state index contributed by atoms with van der Waals surface area (Å²) in [5.74, 6) is -0.0122. The number of alkyl halides is 1. The van der Waals surface area contributed by atoms with Gasteiger partial charge >= 0.3 is 0 Å². The van der Waals surface area contributed by atoms with Crippen molar-refractivity contribution < 1.29 is 10.2 Å². The van der Waals surface area contributed by atoms with Gasteiger partial charge in [0.05, 0.1) is 17.1 Å². The van der Waals surface area contributed by atoms with E-state index in [0.717, 1.165) is 12.0 Å². The van der Waals surface area contributed by atoms with E-state index in [4.69, 9.17) is 11.6 Å². The van der Waals surface area contributed by atoms with Crippen LogP contribution in [-0.2, 0) is 0 Å². The summed E-state index contributed by atoms with van der Waals surface area (Å²) in [5, 5.41) is 19.4. The van der Waals surface area contributed by atoms with Crippen LogP contribution in [0.5, 0.6) is 0 Å². The summed E-state index contributed by atoms with van der Waals surface area (Å²) in [7, 11) is 0. The number of hydrogen-bond acceptors (Lipinski definition) is 2. The second-order valence-corrected chi connectivity index (χ2v) is 5.07. The molecule has 1 aliphatic carbocycles. The maximum Gasteiger partial charge on any atom is 0.0993 e. The van der Waals surface area contributed by atoms with Crippen molar-refractivity contribution in [3.63, 3.8) is 0 Å². The smallest absolute Gasteiger partial charge is 0.0993 e. The van der Waals surface area contributed by atoms with Crippen molar-refractivity contribution in [2.75, 3.05) is 0 Å². The molecule has 4 atom stereocenters. The molecule has 1 aliphatic rings. The molecule has 0 aromatic carbocycles. The summed E-state index contributed by atoms with van der Waals surface area (Å²) in [6.07, 6.45) is -0.115. The van der Waals surface area contributed by atoms with Gasteiger partial charge in [0.15, 0.2) is 0 Å². The molecular weight excluding hydrogens is 188 g/mol. The molecule has 0 aliphatic heterocycles. The molecule has 0 heterocycles. The average Bonchev–Trinajstić information content (AvgIpc) is 2.00. The molecule has 13 heavy (non-hydrogen) atoms. The third kappa shape index (κ3) is 2.06. The van der Waals surface area contributed by atoms with Crippen LogP contribution < -0.4 is 0 Å². The molecule has 0 spiro atoms. The van der Waals surface area contributed by atoms with Gasteiger partial charge in [-0.05, 0) is 26.7 Å². The summed E-state index contributed by atoms with van der Waals surface area (Å²) in [6.45, 7) is 7.43. The molecule has 0 unspecified atom stereocenters. The Morgan fingerprint density at radius 2 is 2.08 bits per heavy atom. The van der Waals surface area contributed by atoms with Gasteiger partial charge < -0.3 is 10.2 Å². The largest absolute Gasteiger partial charge is 0.390 e. The van der Waals surface area contributed by atoms with Gasteiger partial charge in [-0.2, -0.15) is 0 Å². The Labute approximate surface area is 84.2 Å². The van der Waals surface area contributed by atoms with E-state index in [9.17, 15) is 10.2 Å². The predicted octanol–water partition coefficient (Wildman–Crippen LogP) is 1.69. The molecule has 76 valence electrons. The van der Waals surface area contributed by atoms with Crippen LogP contribution >= 0.6 is 11.6 Å². The minimum Gasteiger partial charge on any atom is -0.390 e. The summed E-state index contributed by atoms with van der Waals surface area (Å²) < 4.78 is 0. The Balaban J connectivity index is 2.76. The lowest BCUT2D eigenvalue weighted by atomic mass is 9.75. The van der Waals surface area contributed by atoms with Gasteiger partial charge in [0.25, 0.3) is 0 Å². The van der Waals surface area contributed by atoms with E-state index in [0.29, 0.717) is 6.42 Å². The molecule has 0 saturated heterocycles. The average molecular weight is 205 g/mol. The van der Waals surface area contributed by atoms with Gasteiger partial charge in [-0.1, -0.05) is 12.2 Å². The Bertz CT molecular complexity index is 213. The van der Waals surface area contributed by atoms with Crippen molar-refractivity contribution in [3.8, 4) is 0 Å². The van der Waals surface area contributed by atoms with Crippen LogP contribution in [0.4, 0.5) is 0 Å². The number of hydrogen-bond donors (Lipinski definition) is 2. The summed E-state index contributed by atoms with van der Waals surface area (Å²) >= 11 is 6.05. The highest BCUT2D eigenvalue weighted by Gasteiger charge is 2.44. The molecule has 2 nitrogen and oxygen atoms in total. The van der Waals surface area contributed by atoms with Crippen LogP contribution in [0.15, 0.2) is 12.2 Å². The maximum atomic E-state index is 9.75. The van der Waals surface area contributed by atoms with E-state index in [1.807, 2.05) is 6.92 Å². The highest BCUT2D eigenvalue weighted by molar-refractivity contribution is 6.24. The van der Waals surface area contributed by atoms with Gasteiger partial charge in [0.2, 0.25) is 0 Å². The van der Waals surface area contributed by atoms with Crippen molar-refractivity contribution >= 4 is 11.6 Å². The van der Waals surface area contributed by atoms with Crippen molar-refractivity contribution in [3.05, 3.63) is 12.2 Å².